The molecule has 0 bridgehead atoms. The standard InChI is InChI=1S/C21H29N2.HI/c1-3-23(4-2)17-15-22(16-18-23)21(19-11-7-5-8-12-19)20-13-9-6-10-14-20;/h5-14,21H,3-4,15-18H2,1-2H3;1H/q+1;/p-1. The predicted octanol–water partition coefficient (Wildman–Crippen LogP) is 0.952. The minimum Gasteiger partial charge on any atom is -1.00 e. The van der Waals surface area contributed by atoms with Gasteiger partial charge in [-0.1, -0.05) is 60.7 Å². The third-order valence-electron chi connectivity index (χ3n) is 5.66. The van der Waals surface area contributed by atoms with Crippen molar-refractivity contribution in [2.45, 2.75) is 19.9 Å². The van der Waals surface area contributed by atoms with Crippen molar-refractivity contribution < 1.29 is 28.5 Å². The van der Waals surface area contributed by atoms with Crippen molar-refractivity contribution in [1.82, 2.24) is 4.90 Å². The molecule has 0 aromatic heterocycles. The van der Waals surface area contributed by atoms with Gasteiger partial charge in [-0.25, -0.2) is 0 Å². The van der Waals surface area contributed by atoms with E-state index in [0.29, 0.717) is 6.04 Å². The Labute approximate surface area is 164 Å². The number of rotatable bonds is 5. The molecule has 1 heterocycles. The minimum atomic E-state index is 0. The van der Waals surface area contributed by atoms with Crippen LogP contribution in [0, 0.1) is 0 Å². The molecular weight excluding hydrogens is 407 g/mol. The lowest BCUT2D eigenvalue weighted by molar-refractivity contribution is -0.929. The summed E-state index contributed by atoms with van der Waals surface area (Å²) in [6, 6.07) is 22.3. The number of quaternary nitrogens is 1. The molecule has 0 N–H and O–H groups in total. The summed E-state index contributed by atoms with van der Waals surface area (Å²) in [5.41, 5.74) is 2.82. The molecule has 0 amide bonds. The molecule has 1 aliphatic heterocycles. The summed E-state index contributed by atoms with van der Waals surface area (Å²) >= 11 is 0. The van der Waals surface area contributed by atoms with Crippen LogP contribution in [0.3, 0.4) is 0 Å². The van der Waals surface area contributed by atoms with Crippen molar-refractivity contribution in [1.29, 1.82) is 0 Å². The Hall–Kier alpha value is -0.910. The molecule has 0 aliphatic carbocycles. The SMILES string of the molecule is CC[N+]1(CC)CCN(C(c2ccccc2)c2ccccc2)CC1.[I-]. The molecule has 3 heteroatoms. The van der Waals surface area contributed by atoms with E-state index in [1.54, 1.807) is 0 Å². The molecule has 24 heavy (non-hydrogen) atoms. The molecule has 0 unspecified atom stereocenters. The maximum absolute atomic E-state index is 2.67. The van der Waals surface area contributed by atoms with Crippen LogP contribution < -0.4 is 24.0 Å². The zero-order chi connectivity index (χ0) is 16.1. The topological polar surface area (TPSA) is 3.24 Å². The molecule has 1 fully saturated rings. The van der Waals surface area contributed by atoms with E-state index in [-0.39, 0.29) is 24.0 Å². The normalized spacial score (nSPS) is 17.5. The third kappa shape index (κ3) is 4.19. The maximum atomic E-state index is 2.67. The van der Waals surface area contributed by atoms with Gasteiger partial charge in [-0.05, 0) is 25.0 Å². The fraction of sp³-hybridized carbons (Fsp3) is 0.429. The summed E-state index contributed by atoms with van der Waals surface area (Å²) in [7, 11) is 0. The second kappa shape index (κ2) is 8.97. The van der Waals surface area contributed by atoms with Crippen LogP contribution in [0.2, 0.25) is 0 Å². The van der Waals surface area contributed by atoms with E-state index in [1.807, 2.05) is 0 Å². The van der Waals surface area contributed by atoms with Crippen molar-refractivity contribution in [3.63, 3.8) is 0 Å². The van der Waals surface area contributed by atoms with Crippen LogP contribution in [0.25, 0.3) is 0 Å². The average Bonchev–Trinajstić information content (AvgIpc) is 2.65. The highest BCUT2D eigenvalue weighted by Gasteiger charge is 2.33. The van der Waals surface area contributed by atoms with E-state index in [2.05, 4.69) is 79.4 Å². The zero-order valence-electron chi connectivity index (χ0n) is 14.9. The fourth-order valence-corrected chi connectivity index (χ4v) is 3.90. The molecule has 0 spiro atoms. The lowest BCUT2D eigenvalue weighted by atomic mass is 9.96. The minimum absolute atomic E-state index is 0. The van der Waals surface area contributed by atoms with E-state index in [1.165, 1.54) is 54.9 Å². The van der Waals surface area contributed by atoms with Gasteiger partial charge in [0, 0.05) is 13.1 Å². The van der Waals surface area contributed by atoms with Crippen molar-refractivity contribution in [2.24, 2.45) is 0 Å². The summed E-state index contributed by atoms with van der Waals surface area (Å²) < 4.78 is 1.27. The van der Waals surface area contributed by atoms with Gasteiger partial charge in [0.1, 0.15) is 0 Å². The van der Waals surface area contributed by atoms with Crippen LogP contribution in [0.1, 0.15) is 31.0 Å². The molecule has 0 atom stereocenters. The van der Waals surface area contributed by atoms with Gasteiger partial charge in [-0.2, -0.15) is 0 Å². The van der Waals surface area contributed by atoms with Crippen LogP contribution in [0.15, 0.2) is 60.7 Å². The summed E-state index contributed by atoms with van der Waals surface area (Å²) in [6.45, 7) is 12.1. The van der Waals surface area contributed by atoms with E-state index in [9.17, 15) is 0 Å². The molecular formula is C21H29IN2. The molecule has 130 valence electrons. The summed E-state index contributed by atoms with van der Waals surface area (Å²) in [5.74, 6) is 0. The van der Waals surface area contributed by atoms with E-state index in [0.717, 1.165) is 0 Å². The van der Waals surface area contributed by atoms with E-state index >= 15 is 0 Å². The van der Waals surface area contributed by atoms with Gasteiger partial charge >= 0.3 is 0 Å². The molecule has 0 saturated carbocycles. The van der Waals surface area contributed by atoms with Gasteiger partial charge in [-0.15, -0.1) is 0 Å². The molecule has 2 aromatic carbocycles. The number of hydrogen-bond acceptors (Lipinski definition) is 1. The second-order valence-corrected chi connectivity index (χ2v) is 6.68. The Morgan fingerprint density at radius 2 is 1.21 bits per heavy atom. The highest BCUT2D eigenvalue weighted by Crippen LogP contribution is 2.30. The first-order valence-electron chi connectivity index (χ1n) is 8.97. The summed E-state index contributed by atoms with van der Waals surface area (Å²) in [6.07, 6.45) is 0. The fourth-order valence-electron chi connectivity index (χ4n) is 3.90. The molecule has 1 aliphatic rings. The molecule has 2 aromatic rings. The van der Waals surface area contributed by atoms with Crippen molar-refractivity contribution in [3.8, 4) is 0 Å². The van der Waals surface area contributed by atoms with Gasteiger partial charge < -0.3 is 28.5 Å². The average molecular weight is 436 g/mol. The Morgan fingerprint density at radius 1 is 0.792 bits per heavy atom. The van der Waals surface area contributed by atoms with Gasteiger partial charge in [0.2, 0.25) is 0 Å². The van der Waals surface area contributed by atoms with E-state index in [4.69, 9.17) is 0 Å². The van der Waals surface area contributed by atoms with Crippen molar-refractivity contribution >= 4 is 0 Å². The van der Waals surface area contributed by atoms with Crippen LogP contribution in [0.5, 0.6) is 0 Å². The van der Waals surface area contributed by atoms with Gasteiger partial charge in [-0.3, -0.25) is 4.90 Å². The van der Waals surface area contributed by atoms with Crippen LogP contribution >= 0.6 is 0 Å². The third-order valence-corrected chi connectivity index (χ3v) is 5.66. The first-order chi connectivity index (χ1) is 11.3. The second-order valence-electron chi connectivity index (χ2n) is 6.68. The first-order valence-corrected chi connectivity index (χ1v) is 8.97. The number of nitrogens with zero attached hydrogens (tertiary/aromatic N) is 2. The van der Waals surface area contributed by atoms with Crippen LogP contribution in [-0.2, 0) is 0 Å². The monoisotopic (exact) mass is 436 g/mol. The Morgan fingerprint density at radius 3 is 1.58 bits per heavy atom. The van der Waals surface area contributed by atoms with Gasteiger partial charge in [0.05, 0.1) is 32.2 Å². The Kier molecular flexibility index (Phi) is 7.26. The molecule has 2 nitrogen and oxygen atoms in total. The van der Waals surface area contributed by atoms with Crippen LogP contribution in [0.4, 0.5) is 0 Å². The predicted molar refractivity (Wildman–Crippen MR) is 97.4 cm³/mol. The summed E-state index contributed by atoms with van der Waals surface area (Å²) in [5, 5.41) is 0. The quantitative estimate of drug-likeness (QED) is 0.499. The van der Waals surface area contributed by atoms with Crippen LogP contribution in [-0.4, -0.2) is 48.7 Å². The van der Waals surface area contributed by atoms with Crippen molar-refractivity contribution in [3.05, 3.63) is 71.8 Å². The number of halogens is 1. The largest absolute Gasteiger partial charge is 1.00 e. The number of piperazine rings is 1. The van der Waals surface area contributed by atoms with Gasteiger partial charge in [0.25, 0.3) is 0 Å². The van der Waals surface area contributed by atoms with Gasteiger partial charge in [0.15, 0.2) is 0 Å². The maximum Gasteiger partial charge on any atom is 0.0916 e. The zero-order valence-corrected chi connectivity index (χ0v) is 17.0. The first kappa shape index (κ1) is 19.4. The number of benzene rings is 2. The molecule has 3 rings (SSSR count). The number of likely N-dealkylation sites (N-methyl/N-ethyl adjacent to an activating group) is 1. The lowest BCUT2D eigenvalue weighted by Gasteiger charge is -2.46. The summed E-state index contributed by atoms with van der Waals surface area (Å²) in [4.78, 5) is 2.67. The Bertz CT molecular complexity index is 546. The van der Waals surface area contributed by atoms with E-state index < -0.39 is 0 Å². The number of hydrogen-bond donors (Lipinski definition) is 0. The highest BCUT2D eigenvalue weighted by molar-refractivity contribution is 5.31. The Balaban J connectivity index is 0.00000208. The lowest BCUT2D eigenvalue weighted by Crippen LogP contribution is -3.00. The van der Waals surface area contributed by atoms with Crippen molar-refractivity contribution in [2.75, 3.05) is 39.3 Å². The molecule has 1 saturated heterocycles. The molecule has 0 radical (unpaired) electrons. The smallest absolute Gasteiger partial charge is 0.0916 e. The highest BCUT2D eigenvalue weighted by atomic mass is 127.